The molecule has 5 nitrogen and oxygen atoms in total. The van der Waals surface area contributed by atoms with E-state index in [1.807, 2.05) is 6.92 Å². The minimum atomic E-state index is 0.374. The first-order valence-electron chi connectivity index (χ1n) is 7.16. The molecule has 0 saturated heterocycles. The molecule has 0 spiro atoms. The van der Waals surface area contributed by atoms with Crippen LogP contribution in [0.1, 0.15) is 12.5 Å². The van der Waals surface area contributed by atoms with Gasteiger partial charge in [0.1, 0.15) is 0 Å². The van der Waals surface area contributed by atoms with Gasteiger partial charge < -0.3 is 14.2 Å². The largest absolute Gasteiger partial charge is 0.493 e. The number of nitrogens with zero attached hydrogens (tertiary/aromatic N) is 1. The van der Waals surface area contributed by atoms with E-state index in [1.54, 1.807) is 45.6 Å². The molecule has 0 fully saturated rings. The van der Waals surface area contributed by atoms with Crippen molar-refractivity contribution in [1.82, 2.24) is 0 Å². The van der Waals surface area contributed by atoms with Crippen LogP contribution >= 0.6 is 34.8 Å². The van der Waals surface area contributed by atoms with Gasteiger partial charge in [0, 0.05) is 10.6 Å². The topological polar surface area (TPSA) is 52.1 Å². The summed E-state index contributed by atoms with van der Waals surface area (Å²) in [5.41, 5.74) is 4.78. The first-order chi connectivity index (χ1) is 11.9. The SMILES string of the molecule is COc1cc(/C(C)=N/Nc2c(Cl)cc(Cl)cc2Cl)cc(OC)c1OC. The number of halogens is 3. The first kappa shape index (κ1) is 19.5. The standard InChI is InChI=1S/C17H17Cl3N2O3/c1-9(21-22-16-12(19)7-11(18)8-13(16)20)10-5-14(23-2)17(25-4)15(6-10)24-3/h5-8,22H,1-4H3/b21-9+. The molecule has 2 aromatic carbocycles. The molecule has 0 radical (unpaired) electrons. The van der Waals surface area contributed by atoms with E-state index in [9.17, 15) is 0 Å². The molecule has 8 heteroatoms. The van der Waals surface area contributed by atoms with E-state index in [-0.39, 0.29) is 0 Å². The highest BCUT2D eigenvalue weighted by Crippen LogP contribution is 2.38. The van der Waals surface area contributed by atoms with Gasteiger partial charge in [0.25, 0.3) is 0 Å². The molecule has 2 aromatic rings. The second kappa shape index (κ2) is 8.52. The number of hydrogen-bond acceptors (Lipinski definition) is 5. The number of methoxy groups -OCH3 is 3. The lowest BCUT2D eigenvalue weighted by Gasteiger charge is -2.14. The van der Waals surface area contributed by atoms with Crippen LogP contribution in [0.2, 0.25) is 15.1 Å². The minimum Gasteiger partial charge on any atom is -0.493 e. The second-order valence-corrected chi connectivity index (χ2v) is 6.22. The van der Waals surface area contributed by atoms with Crippen LogP contribution in [0, 0.1) is 0 Å². The molecule has 0 aliphatic heterocycles. The Balaban J connectivity index is 2.37. The summed E-state index contributed by atoms with van der Waals surface area (Å²) >= 11 is 18.2. The molecule has 0 saturated carbocycles. The molecule has 1 N–H and O–H groups in total. The molecule has 0 unspecified atom stereocenters. The molecule has 0 amide bonds. The summed E-state index contributed by atoms with van der Waals surface area (Å²) in [6, 6.07) is 6.77. The third-order valence-corrected chi connectivity index (χ3v) is 4.24. The van der Waals surface area contributed by atoms with E-state index in [2.05, 4.69) is 10.5 Å². The van der Waals surface area contributed by atoms with Crippen LogP contribution in [0.5, 0.6) is 17.2 Å². The molecule has 2 rings (SSSR count). The lowest BCUT2D eigenvalue weighted by atomic mass is 10.1. The zero-order valence-electron chi connectivity index (χ0n) is 14.1. The second-order valence-electron chi connectivity index (χ2n) is 4.97. The van der Waals surface area contributed by atoms with Crippen molar-refractivity contribution in [1.29, 1.82) is 0 Å². The van der Waals surface area contributed by atoms with Crippen molar-refractivity contribution in [2.24, 2.45) is 5.10 Å². The fourth-order valence-electron chi connectivity index (χ4n) is 2.14. The third kappa shape index (κ3) is 4.42. The van der Waals surface area contributed by atoms with E-state index >= 15 is 0 Å². The van der Waals surface area contributed by atoms with Gasteiger partial charge in [-0.2, -0.15) is 5.10 Å². The molecule has 0 heterocycles. The van der Waals surface area contributed by atoms with Crippen LogP contribution in [-0.4, -0.2) is 27.0 Å². The minimum absolute atomic E-state index is 0.374. The van der Waals surface area contributed by atoms with E-state index < -0.39 is 0 Å². The molecule has 0 aliphatic carbocycles. The number of hydrogen-bond donors (Lipinski definition) is 1. The highest BCUT2D eigenvalue weighted by Gasteiger charge is 2.15. The monoisotopic (exact) mass is 402 g/mol. The van der Waals surface area contributed by atoms with E-state index in [0.717, 1.165) is 5.56 Å². The summed E-state index contributed by atoms with van der Waals surface area (Å²) in [6.45, 7) is 1.82. The summed E-state index contributed by atoms with van der Waals surface area (Å²) in [4.78, 5) is 0. The zero-order valence-corrected chi connectivity index (χ0v) is 16.4. The smallest absolute Gasteiger partial charge is 0.203 e. The van der Waals surface area contributed by atoms with Crippen LogP contribution in [0.15, 0.2) is 29.4 Å². The highest BCUT2D eigenvalue weighted by atomic mass is 35.5. The molecule has 0 aromatic heterocycles. The van der Waals surface area contributed by atoms with Crippen molar-refractivity contribution in [2.45, 2.75) is 6.92 Å². The van der Waals surface area contributed by atoms with Gasteiger partial charge >= 0.3 is 0 Å². The maximum atomic E-state index is 6.14. The van der Waals surface area contributed by atoms with Crippen molar-refractivity contribution in [3.63, 3.8) is 0 Å². The van der Waals surface area contributed by atoms with Crippen molar-refractivity contribution in [3.05, 3.63) is 44.9 Å². The molecule has 0 aliphatic rings. The van der Waals surface area contributed by atoms with Crippen molar-refractivity contribution in [3.8, 4) is 17.2 Å². The van der Waals surface area contributed by atoms with Gasteiger partial charge in [-0.1, -0.05) is 34.8 Å². The average molecular weight is 404 g/mol. The van der Waals surface area contributed by atoms with Gasteiger partial charge in [-0.25, -0.2) is 0 Å². The fraction of sp³-hybridized carbons (Fsp3) is 0.235. The van der Waals surface area contributed by atoms with Crippen molar-refractivity contribution < 1.29 is 14.2 Å². The predicted molar refractivity (Wildman–Crippen MR) is 103 cm³/mol. The van der Waals surface area contributed by atoms with E-state index in [1.165, 1.54) is 0 Å². The van der Waals surface area contributed by atoms with Crippen LogP contribution < -0.4 is 19.6 Å². The van der Waals surface area contributed by atoms with Crippen molar-refractivity contribution >= 4 is 46.2 Å². The quantitative estimate of drug-likeness (QED) is 0.510. The Labute approximate surface area is 161 Å². The Bertz CT molecular complexity index is 762. The number of ether oxygens (including phenoxy) is 3. The van der Waals surface area contributed by atoms with Gasteiger partial charge in [-0.3, -0.25) is 5.43 Å². The van der Waals surface area contributed by atoms with Crippen LogP contribution in [0.4, 0.5) is 5.69 Å². The lowest BCUT2D eigenvalue weighted by molar-refractivity contribution is 0.324. The molecular formula is C17H17Cl3N2O3. The van der Waals surface area contributed by atoms with Gasteiger partial charge in [0.15, 0.2) is 11.5 Å². The summed E-state index contributed by atoms with van der Waals surface area (Å²) in [5, 5.41) is 5.52. The first-order valence-corrected chi connectivity index (χ1v) is 8.29. The Hall–Kier alpha value is -1.82. The number of benzene rings is 2. The number of anilines is 1. The number of rotatable bonds is 6. The molecule has 134 valence electrons. The van der Waals surface area contributed by atoms with Crippen molar-refractivity contribution in [2.75, 3.05) is 26.8 Å². The van der Waals surface area contributed by atoms with Gasteiger partial charge in [0.2, 0.25) is 5.75 Å². The van der Waals surface area contributed by atoms with E-state index in [0.29, 0.717) is 43.7 Å². The normalized spacial score (nSPS) is 11.2. The number of nitrogens with one attached hydrogen (secondary N) is 1. The molecular weight excluding hydrogens is 387 g/mol. The predicted octanol–water partition coefficient (Wildman–Crippen LogP) is 5.51. The summed E-state index contributed by atoms with van der Waals surface area (Å²) in [7, 11) is 4.66. The summed E-state index contributed by atoms with van der Waals surface area (Å²) in [5.74, 6) is 1.58. The Kier molecular flexibility index (Phi) is 6.64. The van der Waals surface area contributed by atoms with Gasteiger partial charge in [0.05, 0.1) is 42.8 Å². The van der Waals surface area contributed by atoms with Crippen LogP contribution in [0.3, 0.4) is 0 Å². The van der Waals surface area contributed by atoms with E-state index in [4.69, 9.17) is 49.0 Å². The average Bonchev–Trinajstić information content (AvgIpc) is 2.59. The van der Waals surface area contributed by atoms with Gasteiger partial charge in [-0.15, -0.1) is 0 Å². The molecule has 0 bridgehead atoms. The number of hydrazone groups is 1. The Morgan fingerprint density at radius 1 is 0.880 bits per heavy atom. The lowest BCUT2D eigenvalue weighted by Crippen LogP contribution is -2.03. The van der Waals surface area contributed by atoms with Crippen LogP contribution in [-0.2, 0) is 0 Å². The summed E-state index contributed by atoms with van der Waals surface area (Å²) in [6.07, 6.45) is 0. The van der Waals surface area contributed by atoms with Gasteiger partial charge in [-0.05, 0) is 31.2 Å². The fourth-order valence-corrected chi connectivity index (χ4v) is 3.04. The summed E-state index contributed by atoms with van der Waals surface area (Å²) < 4.78 is 16.0. The molecule has 0 atom stereocenters. The highest BCUT2D eigenvalue weighted by molar-refractivity contribution is 6.41. The third-order valence-electron chi connectivity index (χ3n) is 3.42. The van der Waals surface area contributed by atoms with Crippen LogP contribution in [0.25, 0.3) is 0 Å². The Morgan fingerprint density at radius 2 is 1.40 bits per heavy atom. The molecule has 25 heavy (non-hydrogen) atoms. The maximum absolute atomic E-state index is 6.14. The zero-order chi connectivity index (χ0) is 18.6. The maximum Gasteiger partial charge on any atom is 0.203 e. The Morgan fingerprint density at radius 3 is 1.84 bits per heavy atom.